The fraction of sp³-hybridized carbons (Fsp3) is 0.500. The van der Waals surface area contributed by atoms with Gasteiger partial charge >= 0.3 is 0 Å². The standard InChI is InChI=1S/C14H17NO/c1-16-14-6-2-4-10-8-11-5-3-7-15-13(11)9-12(10)14/h2,4,6,11H,3,5,7-9H2,1H3. The molecule has 0 fully saturated rings. The normalized spacial score (nSPS) is 23.1. The summed E-state index contributed by atoms with van der Waals surface area (Å²) in [5.41, 5.74) is 4.23. The predicted molar refractivity (Wildman–Crippen MR) is 65.4 cm³/mol. The van der Waals surface area contributed by atoms with Crippen LogP contribution in [0.4, 0.5) is 0 Å². The van der Waals surface area contributed by atoms with Crippen molar-refractivity contribution in [2.24, 2.45) is 10.9 Å². The van der Waals surface area contributed by atoms with Gasteiger partial charge < -0.3 is 4.74 Å². The van der Waals surface area contributed by atoms with Crippen molar-refractivity contribution in [2.75, 3.05) is 13.7 Å². The Bertz CT molecular complexity index is 436. The highest BCUT2D eigenvalue weighted by Gasteiger charge is 2.27. The number of rotatable bonds is 1. The molecule has 3 rings (SSSR count). The van der Waals surface area contributed by atoms with Gasteiger partial charge in [0.25, 0.3) is 0 Å². The van der Waals surface area contributed by atoms with E-state index >= 15 is 0 Å². The summed E-state index contributed by atoms with van der Waals surface area (Å²) in [5, 5.41) is 0. The van der Waals surface area contributed by atoms with Gasteiger partial charge in [-0.05, 0) is 30.9 Å². The van der Waals surface area contributed by atoms with Crippen LogP contribution in [-0.2, 0) is 12.8 Å². The largest absolute Gasteiger partial charge is 0.496 e. The smallest absolute Gasteiger partial charge is 0.122 e. The molecule has 1 heterocycles. The zero-order chi connectivity index (χ0) is 11.0. The molecule has 0 aromatic heterocycles. The van der Waals surface area contributed by atoms with E-state index in [1.54, 1.807) is 7.11 Å². The molecule has 0 saturated heterocycles. The Morgan fingerprint density at radius 1 is 1.38 bits per heavy atom. The second-order valence-corrected chi connectivity index (χ2v) is 4.69. The van der Waals surface area contributed by atoms with Gasteiger partial charge in [-0.25, -0.2) is 0 Å². The summed E-state index contributed by atoms with van der Waals surface area (Å²) >= 11 is 0. The van der Waals surface area contributed by atoms with Crippen LogP contribution in [0.5, 0.6) is 5.75 Å². The van der Waals surface area contributed by atoms with Crippen LogP contribution >= 0.6 is 0 Å². The van der Waals surface area contributed by atoms with E-state index in [2.05, 4.69) is 23.2 Å². The number of benzene rings is 1. The molecule has 1 aromatic rings. The summed E-state index contributed by atoms with van der Waals surface area (Å²) in [4.78, 5) is 4.69. The maximum atomic E-state index is 5.44. The average Bonchev–Trinajstić information content (AvgIpc) is 2.35. The molecule has 0 amide bonds. The summed E-state index contributed by atoms with van der Waals surface area (Å²) in [6.07, 6.45) is 4.73. The van der Waals surface area contributed by atoms with Crippen molar-refractivity contribution in [3.63, 3.8) is 0 Å². The number of aliphatic imine (C=N–C) groups is 1. The summed E-state index contributed by atoms with van der Waals surface area (Å²) < 4.78 is 5.44. The number of hydrogen-bond donors (Lipinski definition) is 0. The molecule has 2 nitrogen and oxygen atoms in total. The average molecular weight is 215 g/mol. The van der Waals surface area contributed by atoms with Crippen LogP contribution in [0.3, 0.4) is 0 Å². The van der Waals surface area contributed by atoms with Crippen molar-refractivity contribution in [3.8, 4) is 5.75 Å². The van der Waals surface area contributed by atoms with Crippen molar-refractivity contribution in [1.29, 1.82) is 0 Å². The summed E-state index contributed by atoms with van der Waals surface area (Å²) in [6.45, 7) is 1.02. The molecule has 1 atom stereocenters. The molecule has 1 aliphatic heterocycles. The molecule has 16 heavy (non-hydrogen) atoms. The van der Waals surface area contributed by atoms with Crippen LogP contribution in [0.1, 0.15) is 24.0 Å². The molecule has 2 heteroatoms. The molecule has 0 spiro atoms. The molecule has 0 saturated carbocycles. The number of nitrogens with zero attached hydrogens (tertiary/aromatic N) is 1. The lowest BCUT2D eigenvalue weighted by Crippen LogP contribution is -2.29. The minimum Gasteiger partial charge on any atom is -0.496 e. The Hall–Kier alpha value is -1.31. The first-order chi connectivity index (χ1) is 7.88. The third-order valence-corrected chi connectivity index (χ3v) is 3.77. The highest BCUT2D eigenvalue weighted by atomic mass is 16.5. The zero-order valence-electron chi connectivity index (χ0n) is 9.70. The Labute approximate surface area is 96.3 Å². The van der Waals surface area contributed by atoms with Crippen molar-refractivity contribution in [3.05, 3.63) is 29.3 Å². The van der Waals surface area contributed by atoms with Crippen LogP contribution in [-0.4, -0.2) is 19.4 Å². The quantitative estimate of drug-likeness (QED) is 0.705. The third-order valence-electron chi connectivity index (χ3n) is 3.77. The Balaban J connectivity index is 2.02. The van der Waals surface area contributed by atoms with Crippen molar-refractivity contribution >= 4 is 5.71 Å². The Morgan fingerprint density at radius 3 is 3.19 bits per heavy atom. The molecule has 0 N–H and O–H groups in total. The summed E-state index contributed by atoms with van der Waals surface area (Å²) in [7, 11) is 1.75. The van der Waals surface area contributed by atoms with Crippen LogP contribution < -0.4 is 4.74 Å². The lowest BCUT2D eigenvalue weighted by Gasteiger charge is -2.30. The lowest BCUT2D eigenvalue weighted by molar-refractivity contribution is 0.408. The van der Waals surface area contributed by atoms with E-state index in [-0.39, 0.29) is 0 Å². The molecule has 1 unspecified atom stereocenters. The maximum absolute atomic E-state index is 5.44. The molecule has 2 aliphatic rings. The van der Waals surface area contributed by atoms with Crippen LogP contribution in [0.2, 0.25) is 0 Å². The second-order valence-electron chi connectivity index (χ2n) is 4.69. The lowest BCUT2D eigenvalue weighted by atomic mass is 9.78. The molecular weight excluding hydrogens is 198 g/mol. The van der Waals surface area contributed by atoms with E-state index in [9.17, 15) is 0 Å². The number of fused-ring (bicyclic) bond motifs is 2. The summed E-state index contributed by atoms with van der Waals surface area (Å²) in [5.74, 6) is 1.73. The number of ether oxygens (including phenoxy) is 1. The highest BCUT2D eigenvalue weighted by Crippen LogP contribution is 2.33. The van der Waals surface area contributed by atoms with Gasteiger partial charge in [0.2, 0.25) is 0 Å². The van der Waals surface area contributed by atoms with E-state index in [0.717, 1.165) is 25.1 Å². The first-order valence-corrected chi connectivity index (χ1v) is 6.06. The minimum atomic E-state index is 0.702. The topological polar surface area (TPSA) is 21.6 Å². The molecular formula is C14H17NO. The van der Waals surface area contributed by atoms with Gasteiger partial charge in [0, 0.05) is 30.2 Å². The van der Waals surface area contributed by atoms with Crippen LogP contribution in [0.25, 0.3) is 0 Å². The van der Waals surface area contributed by atoms with E-state index in [0.29, 0.717) is 5.92 Å². The van der Waals surface area contributed by atoms with Crippen molar-refractivity contribution < 1.29 is 4.74 Å². The van der Waals surface area contributed by atoms with Gasteiger partial charge in [0.1, 0.15) is 5.75 Å². The molecule has 84 valence electrons. The number of methoxy groups -OCH3 is 1. The van der Waals surface area contributed by atoms with E-state index in [1.807, 2.05) is 0 Å². The van der Waals surface area contributed by atoms with E-state index < -0.39 is 0 Å². The highest BCUT2D eigenvalue weighted by molar-refractivity contribution is 5.91. The number of hydrogen-bond acceptors (Lipinski definition) is 2. The van der Waals surface area contributed by atoms with Gasteiger partial charge in [0.15, 0.2) is 0 Å². The van der Waals surface area contributed by atoms with E-state index in [4.69, 9.17) is 4.74 Å². The van der Waals surface area contributed by atoms with Crippen molar-refractivity contribution in [2.45, 2.75) is 25.7 Å². The van der Waals surface area contributed by atoms with Crippen molar-refractivity contribution in [1.82, 2.24) is 0 Å². The third kappa shape index (κ3) is 1.53. The van der Waals surface area contributed by atoms with E-state index in [1.165, 1.54) is 29.7 Å². The van der Waals surface area contributed by atoms with Crippen LogP contribution in [0.15, 0.2) is 23.2 Å². The fourth-order valence-corrected chi connectivity index (χ4v) is 2.92. The SMILES string of the molecule is COc1cccc2c1CC1=NCCCC1C2. The van der Waals surface area contributed by atoms with Gasteiger partial charge in [-0.15, -0.1) is 0 Å². The predicted octanol–water partition coefficient (Wildman–Crippen LogP) is 2.64. The summed E-state index contributed by atoms with van der Waals surface area (Å²) in [6, 6.07) is 6.40. The molecule has 1 aliphatic carbocycles. The first kappa shape index (κ1) is 9.88. The molecule has 0 bridgehead atoms. The fourth-order valence-electron chi connectivity index (χ4n) is 2.92. The molecule has 0 radical (unpaired) electrons. The Kier molecular flexibility index (Phi) is 2.43. The zero-order valence-corrected chi connectivity index (χ0v) is 9.70. The van der Waals surface area contributed by atoms with Gasteiger partial charge in [0.05, 0.1) is 7.11 Å². The molecule has 1 aromatic carbocycles. The van der Waals surface area contributed by atoms with Crippen LogP contribution in [0, 0.1) is 5.92 Å². The first-order valence-electron chi connectivity index (χ1n) is 6.06. The second kappa shape index (κ2) is 3.93. The van der Waals surface area contributed by atoms with Gasteiger partial charge in [-0.1, -0.05) is 12.1 Å². The minimum absolute atomic E-state index is 0.702. The maximum Gasteiger partial charge on any atom is 0.122 e. The Morgan fingerprint density at radius 2 is 2.31 bits per heavy atom. The van der Waals surface area contributed by atoms with Gasteiger partial charge in [-0.2, -0.15) is 0 Å². The monoisotopic (exact) mass is 215 g/mol. The van der Waals surface area contributed by atoms with Gasteiger partial charge in [-0.3, -0.25) is 4.99 Å².